The molecule has 2 nitrogen and oxygen atoms in total. The molecule has 1 saturated heterocycles. The number of rotatable bonds is 0. The van der Waals surface area contributed by atoms with Crippen LogP contribution in [0.3, 0.4) is 0 Å². The van der Waals surface area contributed by atoms with Gasteiger partial charge in [0.15, 0.2) is 0 Å². The zero-order valence-corrected chi connectivity index (χ0v) is 5.41. The summed E-state index contributed by atoms with van der Waals surface area (Å²) in [6.07, 6.45) is 2.25. The monoisotopic (exact) mass is 130 g/mol. The summed E-state index contributed by atoms with van der Waals surface area (Å²) >= 11 is 4.43. The molecule has 0 aromatic heterocycles. The molecule has 3 heteroatoms. The molecular weight excluding hydrogens is 122 g/mol. The van der Waals surface area contributed by atoms with Crippen LogP contribution in [0.15, 0.2) is 0 Å². The van der Waals surface area contributed by atoms with E-state index in [0.717, 1.165) is 25.9 Å². The molecule has 0 aliphatic carbocycles. The third-order valence-electron chi connectivity index (χ3n) is 1.36. The third-order valence-corrected chi connectivity index (χ3v) is 1.62. The summed E-state index contributed by atoms with van der Waals surface area (Å²) in [5.41, 5.74) is 0. The van der Waals surface area contributed by atoms with Gasteiger partial charge in [-0.2, -0.15) is 0 Å². The van der Waals surface area contributed by atoms with E-state index >= 15 is 0 Å². The van der Waals surface area contributed by atoms with E-state index in [0.29, 0.717) is 0 Å². The van der Waals surface area contributed by atoms with Crippen molar-refractivity contribution < 1.29 is 4.79 Å². The highest BCUT2D eigenvalue weighted by molar-refractivity contribution is 7.96. The summed E-state index contributed by atoms with van der Waals surface area (Å²) in [5.74, 6) is 0. The molecule has 1 heterocycles. The predicted octanol–water partition coefficient (Wildman–Crippen LogP) is 1.40. The van der Waals surface area contributed by atoms with Gasteiger partial charge in [-0.25, -0.2) is 0 Å². The fraction of sp³-hybridized carbons (Fsp3) is 0.800. The molecule has 0 spiro atoms. The number of carbonyl (C=O) groups is 1. The Balaban J connectivity index is 2.35. The van der Waals surface area contributed by atoms with Crippen molar-refractivity contribution in [2.24, 2.45) is 0 Å². The van der Waals surface area contributed by atoms with Gasteiger partial charge in [0.2, 0.25) is 0 Å². The first-order valence-electron chi connectivity index (χ1n) is 2.76. The molecule has 0 aromatic carbocycles. The molecule has 0 saturated carbocycles. The Hall–Kier alpha value is -0.310. The first-order chi connectivity index (χ1) is 3.80. The Kier molecular flexibility index (Phi) is 1.68. The molecule has 1 amide bonds. The summed E-state index contributed by atoms with van der Waals surface area (Å²) in [4.78, 5) is 12.1. The standard InChI is InChI=1S/C5H8NOS/c7-5(8)6-3-1-2-4-6/h1-4H2. The van der Waals surface area contributed by atoms with Crippen LogP contribution < -0.4 is 0 Å². The molecular formula is C5H8NOS. The highest BCUT2D eigenvalue weighted by atomic mass is 32.1. The minimum atomic E-state index is -0.192. The van der Waals surface area contributed by atoms with Crippen LogP contribution in [0.2, 0.25) is 0 Å². The Morgan fingerprint density at radius 1 is 1.38 bits per heavy atom. The van der Waals surface area contributed by atoms with Crippen LogP contribution in [0.1, 0.15) is 12.8 Å². The molecule has 0 N–H and O–H groups in total. The molecule has 8 heavy (non-hydrogen) atoms. The minimum absolute atomic E-state index is 0.192. The fourth-order valence-corrected chi connectivity index (χ4v) is 1.08. The van der Waals surface area contributed by atoms with Crippen molar-refractivity contribution in [1.29, 1.82) is 0 Å². The van der Waals surface area contributed by atoms with E-state index in [2.05, 4.69) is 12.6 Å². The van der Waals surface area contributed by atoms with E-state index in [9.17, 15) is 4.79 Å². The quantitative estimate of drug-likeness (QED) is 0.485. The Bertz CT molecular complexity index is 98.6. The second-order valence-electron chi connectivity index (χ2n) is 1.96. The SMILES string of the molecule is O=C([S])N1CCCC1. The summed E-state index contributed by atoms with van der Waals surface area (Å²) < 4.78 is 0. The molecule has 0 atom stereocenters. The smallest absolute Gasteiger partial charge is 0.313 e. The van der Waals surface area contributed by atoms with Gasteiger partial charge in [0.05, 0.1) is 0 Å². The molecule has 1 fully saturated rings. The van der Waals surface area contributed by atoms with Gasteiger partial charge in [-0.1, -0.05) is 0 Å². The lowest BCUT2D eigenvalue weighted by Crippen LogP contribution is -2.21. The largest absolute Gasteiger partial charge is 0.330 e. The molecule has 0 bridgehead atoms. The Morgan fingerprint density at radius 2 is 1.88 bits per heavy atom. The van der Waals surface area contributed by atoms with Crippen LogP contribution in [0.4, 0.5) is 4.79 Å². The lowest BCUT2D eigenvalue weighted by molar-refractivity contribution is 0.234. The zero-order valence-electron chi connectivity index (χ0n) is 4.59. The lowest BCUT2D eigenvalue weighted by atomic mass is 10.4. The molecule has 1 rings (SSSR count). The van der Waals surface area contributed by atoms with Gasteiger partial charge in [-0.05, 0) is 25.5 Å². The average Bonchev–Trinajstić information content (AvgIpc) is 2.12. The fourth-order valence-electron chi connectivity index (χ4n) is 0.900. The average molecular weight is 130 g/mol. The molecule has 1 aliphatic rings. The van der Waals surface area contributed by atoms with E-state index in [1.165, 1.54) is 0 Å². The van der Waals surface area contributed by atoms with Crippen LogP contribution >= 0.6 is 12.6 Å². The number of amides is 1. The summed E-state index contributed by atoms with van der Waals surface area (Å²) in [5, 5.41) is -0.192. The van der Waals surface area contributed by atoms with Gasteiger partial charge in [-0.15, -0.1) is 0 Å². The van der Waals surface area contributed by atoms with Crippen molar-refractivity contribution in [2.45, 2.75) is 12.8 Å². The lowest BCUT2D eigenvalue weighted by Gasteiger charge is -2.07. The highest BCUT2D eigenvalue weighted by Gasteiger charge is 2.14. The Morgan fingerprint density at radius 3 is 2.12 bits per heavy atom. The topological polar surface area (TPSA) is 20.3 Å². The van der Waals surface area contributed by atoms with Gasteiger partial charge >= 0.3 is 5.24 Å². The summed E-state index contributed by atoms with van der Waals surface area (Å²) in [6, 6.07) is 0. The van der Waals surface area contributed by atoms with E-state index in [-0.39, 0.29) is 5.24 Å². The van der Waals surface area contributed by atoms with Crippen molar-refractivity contribution in [1.82, 2.24) is 4.90 Å². The zero-order chi connectivity index (χ0) is 5.98. The number of hydrogen-bond donors (Lipinski definition) is 0. The van der Waals surface area contributed by atoms with Crippen molar-refractivity contribution >= 4 is 17.9 Å². The van der Waals surface area contributed by atoms with Crippen LogP contribution in [0, 0.1) is 0 Å². The van der Waals surface area contributed by atoms with Gasteiger partial charge in [0.25, 0.3) is 0 Å². The number of likely N-dealkylation sites (tertiary alicyclic amines) is 1. The van der Waals surface area contributed by atoms with E-state index in [1.807, 2.05) is 0 Å². The van der Waals surface area contributed by atoms with E-state index in [1.54, 1.807) is 4.90 Å². The van der Waals surface area contributed by atoms with Crippen LogP contribution in [0.5, 0.6) is 0 Å². The third kappa shape index (κ3) is 1.10. The summed E-state index contributed by atoms with van der Waals surface area (Å²) in [6.45, 7) is 1.75. The first kappa shape index (κ1) is 5.82. The highest BCUT2D eigenvalue weighted by Crippen LogP contribution is 2.08. The second-order valence-corrected chi connectivity index (χ2v) is 2.31. The van der Waals surface area contributed by atoms with Crippen LogP contribution in [-0.2, 0) is 0 Å². The van der Waals surface area contributed by atoms with Crippen LogP contribution in [-0.4, -0.2) is 23.2 Å². The predicted molar refractivity (Wildman–Crippen MR) is 33.8 cm³/mol. The van der Waals surface area contributed by atoms with Crippen molar-refractivity contribution in [3.05, 3.63) is 0 Å². The van der Waals surface area contributed by atoms with Crippen molar-refractivity contribution in [3.63, 3.8) is 0 Å². The minimum Gasteiger partial charge on any atom is -0.330 e. The molecule has 0 aromatic rings. The maximum atomic E-state index is 10.4. The van der Waals surface area contributed by atoms with Crippen LogP contribution in [0.25, 0.3) is 0 Å². The van der Waals surface area contributed by atoms with Gasteiger partial charge in [-0.3, -0.25) is 4.79 Å². The Labute approximate surface area is 54.3 Å². The van der Waals surface area contributed by atoms with Crippen molar-refractivity contribution in [2.75, 3.05) is 13.1 Å². The van der Waals surface area contributed by atoms with Gasteiger partial charge in [0.1, 0.15) is 0 Å². The molecule has 1 aliphatic heterocycles. The van der Waals surface area contributed by atoms with Crippen molar-refractivity contribution in [3.8, 4) is 0 Å². The maximum Gasteiger partial charge on any atom is 0.313 e. The number of nitrogens with zero attached hydrogens (tertiary/aromatic N) is 1. The molecule has 0 unspecified atom stereocenters. The maximum absolute atomic E-state index is 10.4. The van der Waals surface area contributed by atoms with E-state index in [4.69, 9.17) is 0 Å². The normalized spacial score (nSPS) is 19.2. The van der Waals surface area contributed by atoms with Gasteiger partial charge in [0, 0.05) is 13.1 Å². The number of carbonyl (C=O) groups excluding carboxylic acids is 1. The number of hydrogen-bond acceptors (Lipinski definition) is 1. The summed E-state index contributed by atoms with van der Waals surface area (Å²) in [7, 11) is 0. The molecule has 1 radical (unpaired) electrons. The van der Waals surface area contributed by atoms with E-state index < -0.39 is 0 Å². The first-order valence-corrected chi connectivity index (χ1v) is 3.17. The second kappa shape index (κ2) is 2.31. The molecule has 45 valence electrons. The van der Waals surface area contributed by atoms with Gasteiger partial charge < -0.3 is 4.90 Å².